The van der Waals surface area contributed by atoms with Crippen molar-refractivity contribution in [2.75, 3.05) is 19.3 Å². The molecule has 0 fully saturated rings. The normalized spacial score (nSPS) is 11.8. The van der Waals surface area contributed by atoms with Crippen LogP contribution in [-0.2, 0) is 12.6 Å². The molecule has 0 aliphatic carbocycles. The molecule has 1 aromatic rings. The Bertz CT molecular complexity index is 348. The molecule has 16 heavy (non-hydrogen) atoms. The number of nitrogens with one attached hydrogen (secondary N) is 1. The van der Waals surface area contributed by atoms with E-state index >= 15 is 0 Å². The van der Waals surface area contributed by atoms with Crippen molar-refractivity contribution in [1.29, 1.82) is 0 Å². The van der Waals surface area contributed by atoms with Crippen LogP contribution in [0.25, 0.3) is 0 Å². The largest absolute Gasteiger partial charge is 0.418 e. The van der Waals surface area contributed by atoms with E-state index in [1.165, 1.54) is 6.07 Å². The monoisotopic (exact) mass is 232 g/mol. The molecule has 0 aliphatic heterocycles. The summed E-state index contributed by atoms with van der Waals surface area (Å²) in [5.41, 5.74) is 5.18. The molecule has 0 radical (unpaired) electrons. The van der Waals surface area contributed by atoms with Gasteiger partial charge in [-0.3, -0.25) is 0 Å². The first kappa shape index (κ1) is 12.8. The van der Waals surface area contributed by atoms with Crippen LogP contribution in [0.3, 0.4) is 0 Å². The lowest BCUT2D eigenvalue weighted by atomic mass is 10.0. The van der Waals surface area contributed by atoms with Crippen LogP contribution in [0, 0.1) is 0 Å². The summed E-state index contributed by atoms with van der Waals surface area (Å²) in [5.74, 6) is 0. The van der Waals surface area contributed by atoms with Crippen molar-refractivity contribution in [3.63, 3.8) is 0 Å². The molecule has 0 saturated carbocycles. The summed E-state index contributed by atoms with van der Waals surface area (Å²) in [6, 6.07) is 4.05. The molecule has 0 atom stereocenters. The smallest absolute Gasteiger partial charge is 0.398 e. The first-order chi connectivity index (χ1) is 7.46. The molecule has 2 nitrogen and oxygen atoms in total. The number of anilines is 1. The third-order valence-electron chi connectivity index (χ3n) is 2.37. The fraction of sp³-hybridized carbons (Fsp3) is 0.455. The Kier molecular flexibility index (Phi) is 4.18. The second kappa shape index (κ2) is 5.21. The van der Waals surface area contributed by atoms with Crippen LogP contribution in [0.15, 0.2) is 18.2 Å². The minimum Gasteiger partial charge on any atom is -0.398 e. The van der Waals surface area contributed by atoms with Crippen LogP contribution >= 0.6 is 0 Å². The molecule has 0 heterocycles. The van der Waals surface area contributed by atoms with E-state index in [1.54, 1.807) is 13.1 Å². The van der Waals surface area contributed by atoms with Gasteiger partial charge in [0.2, 0.25) is 0 Å². The van der Waals surface area contributed by atoms with Gasteiger partial charge in [-0.15, -0.1) is 0 Å². The van der Waals surface area contributed by atoms with Gasteiger partial charge in [0.05, 0.1) is 5.56 Å². The van der Waals surface area contributed by atoms with E-state index in [1.807, 2.05) is 0 Å². The van der Waals surface area contributed by atoms with Crippen LogP contribution in [0.1, 0.15) is 17.5 Å². The van der Waals surface area contributed by atoms with Crippen LogP contribution < -0.4 is 11.1 Å². The van der Waals surface area contributed by atoms with Crippen LogP contribution in [0.4, 0.5) is 18.9 Å². The zero-order valence-corrected chi connectivity index (χ0v) is 9.06. The maximum absolute atomic E-state index is 12.5. The fourth-order valence-corrected chi connectivity index (χ4v) is 1.53. The molecule has 0 saturated heterocycles. The molecule has 1 rings (SSSR count). The first-order valence-corrected chi connectivity index (χ1v) is 5.06. The highest BCUT2D eigenvalue weighted by molar-refractivity contribution is 5.55. The SMILES string of the molecule is CNCCCc1cccc(C(F)(F)F)c1N. The van der Waals surface area contributed by atoms with Gasteiger partial charge in [0.1, 0.15) is 0 Å². The van der Waals surface area contributed by atoms with Gasteiger partial charge in [0.25, 0.3) is 0 Å². The van der Waals surface area contributed by atoms with Crippen molar-refractivity contribution in [3.05, 3.63) is 29.3 Å². The van der Waals surface area contributed by atoms with Crippen LogP contribution in [0.2, 0.25) is 0 Å². The summed E-state index contributed by atoms with van der Waals surface area (Å²) in [6.45, 7) is 0.760. The van der Waals surface area contributed by atoms with Gasteiger partial charge in [-0.05, 0) is 38.1 Å². The first-order valence-electron chi connectivity index (χ1n) is 5.06. The Morgan fingerprint density at radius 1 is 1.31 bits per heavy atom. The Hall–Kier alpha value is -1.23. The van der Waals surface area contributed by atoms with Crippen molar-refractivity contribution >= 4 is 5.69 Å². The maximum Gasteiger partial charge on any atom is 0.418 e. The lowest BCUT2D eigenvalue weighted by Crippen LogP contribution is -2.12. The van der Waals surface area contributed by atoms with Gasteiger partial charge in [0, 0.05) is 5.69 Å². The van der Waals surface area contributed by atoms with E-state index in [-0.39, 0.29) is 5.69 Å². The number of hydrogen-bond acceptors (Lipinski definition) is 2. The molecule has 0 aromatic heterocycles. The standard InChI is InChI=1S/C11H15F3N2/c1-16-7-3-5-8-4-2-6-9(10(8)15)11(12,13)14/h2,4,6,16H,3,5,7,15H2,1H3. The highest BCUT2D eigenvalue weighted by atomic mass is 19.4. The Labute approximate surface area is 92.6 Å². The van der Waals surface area contributed by atoms with Crippen molar-refractivity contribution in [1.82, 2.24) is 5.32 Å². The van der Waals surface area contributed by atoms with Gasteiger partial charge < -0.3 is 11.1 Å². The predicted molar refractivity (Wildman–Crippen MR) is 58.1 cm³/mol. The number of rotatable bonds is 4. The van der Waals surface area contributed by atoms with Gasteiger partial charge >= 0.3 is 6.18 Å². The van der Waals surface area contributed by atoms with Crippen molar-refractivity contribution in [3.8, 4) is 0 Å². The number of alkyl halides is 3. The number of nitrogen functional groups attached to an aromatic ring is 1. The van der Waals surface area contributed by atoms with Gasteiger partial charge in [-0.2, -0.15) is 13.2 Å². The molecule has 1 aromatic carbocycles. The zero-order valence-electron chi connectivity index (χ0n) is 9.06. The summed E-state index contributed by atoms with van der Waals surface area (Å²) in [7, 11) is 1.80. The van der Waals surface area contributed by atoms with E-state index in [9.17, 15) is 13.2 Å². The lowest BCUT2D eigenvalue weighted by Gasteiger charge is -2.13. The molecular weight excluding hydrogens is 217 g/mol. The highest BCUT2D eigenvalue weighted by Gasteiger charge is 2.33. The summed E-state index contributed by atoms with van der Waals surface area (Å²) < 4.78 is 37.6. The highest BCUT2D eigenvalue weighted by Crippen LogP contribution is 2.35. The van der Waals surface area contributed by atoms with Crippen molar-refractivity contribution in [2.24, 2.45) is 0 Å². The number of para-hydroxylation sites is 1. The molecule has 90 valence electrons. The van der Waals surface area contributed by atoms with E-state index in [4.69, 9.17) is 5.73 Å². The molecule has 3 N–H and O–H groups in total. The molecule has 0 aliphatic rings. The van der Waals surface area contributed by atoms with Crippen LogP contribution in [0.5, 0.6) is 0 Å². The molecule has 5 heteroatoms. The minimum atomic E-state index is -4.37. The van der Waals surface area contributed by atoms with Gasteiger partial charge in [-0.1, -0.05) is 12.1 Å². The third-order valence-corrected chi connectivity index (χ3v) is 2.37. The number of nitrogens with two attached hydrogens (primary N) is 1. The average Bonchev–Trinajstić information content (AvgIpc) is 2.19. The summed E-state index contributed by atoms with van der Waals surface area (Å²) in [5, 5.41) is 2.94. The Morgan fingerprint density at radius 2 is 2.00 bits per heavy atom. The lowest BCUT2D eigenvalue weighted by molar-refractivity contribution is -0.136. The fourth-order valence-electron chi connectivity index (χ4n) is 1.53. The summed E-state index contributed by atoms with van der Waals surface area (Å²) in [6.07, 6.45) is -3.05. The number of benzene rings is 1. The quantitative estimate of drug-likeness (QED) is 0.618. The Balaban J connectivity index is 2.87. The number of halogens is 3. The molecule has 0 spiro atoms. The van der Waals surface area contributed by atoms with Crippen molar-refractivity contribution < 1.29 is 13.2 Å². The molecule has 0 amide bonds. The summed E-state index contributed by atoms with van der Waals surface area (Å²) in [4.78, 5) is 0. The van der Waals surface area contributed by atoms with E-state index in [2.05, 4.69) is 5.32 Å². The van der Waals surface area contributed by atoms with Crippen molar-refractivity contribution in [2.45, 2.75) is 19.0 Å². The average molecular weight is 232 g/mol. The topological polar surface area (TPSA) is 38.0 Å². The van der Waals surface area contributed by atoms with Gasteiger partial charge in [0.15, 0.2) is 0 Å². The molecular formula is C11H15F3N2. The van der Waals surface area contributed by atoms with E-state index in [0.29, 0.717) is 12.0 Å². The van der Waals surface area contributed by atoms with Crippen LogP contribution in [-0.4, -0.2) is 13.6 Å². The van der Waals surface area contributed by atoms with E-state index in [0.717, 1.165) is 19.0 Å². The number of aryl methyl sites for hydroxylation is 1. The molecule has 0 unspecified atom stereocenters. The minimum absolute atomic E-state index is 0.147. The second-order valence-corrected chi connectivity index (χ2v) is 3.58. The zero-order chi connectivity index (χ0) is 12.2. The maximum atomic E-state index is 12.5. The Morgan fingerprint density at radius 3 is 2.56 bits per heavy atom. The molecule has 0 bridgehead atoms. The third kappa shape index (κ3) is 3.13. The summed E-state index contributed by atoms with van der Waals surface area (Å²) >= 11 is 0. The second-order valence-electron chi connectivity index (χ2n) is 3.58. The predicted octanol–water partition coefficient (Wildman–Crippen LogP) is 2.44. The van der Waals surface area contributed by atoms with Gasteiger partial charge in [-0.25, -0.2) is 0 Å². The van der Waals surface area contributed by atoms with E-state index < -0.39 is 11.7 Å². The number of hydrogen-bond donors (Lipinski definition) is 2.